The Morgan fingerprint density at radius 2 is 1.94 bits per heavy atom. The summed E-state index contributed by atoms with van der Waals surface area (Å²) in [5.41, 5.74) is -0.586. The summed E-state index contributed by atoms with van der Waals surface area (Å²) in [5.74, 6) is -0.256. The lowest BCUT2D eigenvalue weighted by Gasteiger charge is -2.28. The van der Waals surface area contributed by atoms with E-state index in [1.807, 2.05) is 6.92 Å². The van der Waals surface area contributed by atoms with Crippen LogP contribution in [0.25, 0.3) is 0 Å². The van der Waals surface area contributed by atoms with Gasteiger partial charge in [-0.05, 0) is 6.42 Å². The first kappa shape index (κ1) is 17.3. The van der Waals surface area contributed by atoms with Crippen LogP contribution in [0.4, 0.5) is 0 Å². The highest BCUT2D eigenvalue weighted by atomic mass is 16.6. The Kier molecular flexibility index (Phi) is 7.39. The number of carbonyl (C=O) groups excluding carboxylic acids is 1. The number of amides is 1. The first-order valence-electron chi connectivity index (χ1n) is 6.04. The van der Waals surface area contributed by atoms with Crippen molar-refractivity contribution >= 4 is 5.91 Å². The largest absolute Gasteiger partial charge is 0.394 e. The summed E-state index contributed by atoms with van der Waals surface area (Å²) in [5, 5.41) is 21.3. The van der Waals surface area contributed by atoms with Crippen LogP contribution in [0, 0.1) is 5.41 Å². The van der Waals surface area contributed by atoms with E-state index in [0.29, 0.717) is 6.42 Å². The van der Waals surface area contributed by atoms with Gasteiger partial charge in [0, 0.05) is 12.5 Å². The van der Waals surface area contributed by atoms with E-state index in [1.165, 1.54) is 7.11 Å². The van der Waals surface area contributed by atoms with Crippen LogP contribution < -0.4 is 5.32 Å². The van der Waals surface area contributed by atoms with Gasteiger partial charge in [-0.25, -0.2) is 0 Å². The number of rotatable bonds is 7. The number of hydrogen-bond acceptors (Lipinski definition) is 5. The highest BCUT2D eigenvalue weighted by Gasteiger charge is 2.29. The second-order valence-electron chi connectivity index (χ2n) is 5.12. The van der Waals surface area contributed by atoms with Crippen molar-refractivity contribution in [1.82, 2.24) is 5.32 Å². The van der Waals surface area contributed by atoms with Gasteiger partial charge in [0.25, 0.3) is 0 Å². The molecule has 0 fully saturated rings. The van der Waals surface area contributed by atoms with Crippen molar-refractivity contribution in [3.63, 3.8) is 0 Å². The molecule has 0 heterocycles. The second kappa shape index (κ2) is 7.68. The van der Waals surface area contributed by atoms with Gasteiger partial charge in [0.1, 0.15) is 0 Å². The summed E-state index contributed by atoms with van der Waals surface area (Å²) in [4.78, 5) is 11.8. The number of methoxy groups -OCH3 is 1. The van der Waals surface area contributed by atoms with Crippen molar-refractivity contribution in [3.05, 3.63) is 0 Å². The number of nitrogens with one attached hydrogen (secondary N) is 1. The summed E-state index contributed by atoms with van der Waals surface area (Å²) < 4.78 is 10.2. The first-order chi connectivity index (χ1) is 8.26. The van der Waals surface area contributed by atoms with E-state index in [9.17, 15) is 9.90 Å². The molecule has 6 heteroatoms. The zero-order valence-electron chi connectivity index (χ0n) is 11.8. The van der Waals surface area contributed by atoms with Gasteiger partial charge in [-0.3, -0.25) is 4.79 Å². The van der Waals surface area contributed by atoms with E-state index in [4.69, 9.17) is 14.6 Å². The molecule has 0 bridgehead atoms. The van der Waals surface area contributed by atoms with Crippen LogP contribution in [0.1, 0.15) is 34.1 Å². The summed E-state index contributed by atoms with van der Waals surface area (Å²) in [6.45, 7) is 6.89. The molecule has 18 heavy (non-hydrogen) atoms. The number of hydrogen-bond donors (Lipinski definition) is 3. The monoisotopic (exact) mass is 263 g/mol. The van der Waals surface area contributed by atoms with E-state index in [0.717, 1.165) is 0 Å². The lowest BCUT2D eigenvalue weighted by atomic mass is 9.96. The molecule has 0 aliphatic heterocycles. The van der Waals surface area contributed by atoms with Gasteiger partial charge in [-0.15, -0.1) is 0 Å². The molecule has 6 nitrogen and oxygen atoms in total. The average Bonchev–Trinajstić information content (AvgIpc) is 2.30. The fourth-order valence-corrected chi connectivity index (χ4v) is 1.13. The normalized spacial score (nSPS) is 17.1. The number of aliphatic hydroxyl groups is 2. The zero-order chi connectivity index (χ0) is 14.3. The SMILES string of the molecule is CCC(CO)OC(O)C(NC(=O)C(C)(C)C)OC. The molecule has 0 spiro atoms. The second-order valence-corrected chi connectivity index (χ2v) is 5.12. The molecule has 0 aromatic carbocycles. The molecule has 3 atom stereocenters. The molecular formula is C12H25NO5. The van der Waals surface area contributed by atoms with E-state index in [-0.39, 0.29) is 12.5 Å². The van der Waals surface area contributed by atoms with Crippen LogP contribution in [-0.4, -0.2) is 48.5 Å². The topological polar surface area (TPSA) is 88.0 Å². The Morgan fingerprint density at radius 3 is 2.28 bits per heavy atom. The average molecular weight is 263 g/mol. The number of carbonyl (C=O) groups is 1. The van der Waals surface area contributed by atoms with Gasteiger partial charge in [-0.1, -0.05) is 27.7 Å². The quantitative estimate of drug-likeness (QED) is 0.572. The molecule has 0 rings (SSSR count). The highest BCUT2D eigenvalue weighted by Crippen LogP contribution is 2.14. The Labute approximate surface area is 108 Å². The standard InChI is InChI=1S/C12H25NO5/c1-6-8(7-14)18-10(15)9(17-5)13-11(16)12(2,3)4/h8-10,14-15H,6-7H2,1-5H3,(H,13,16). The van der Waals surface area contributed by atoms with Gasteiger partial charge in [0.15, 0.2) is 6.23 Å². The van der Waals surface area contributed by atoms with Crippen LogP contribution in [0.15, 0.2) is 0 Å². The third-order valence-electron chi connectivity index (χ3n) is 2.46. The van der Waals surface area contributed by atoms with Crippen LogP contribution in [0.2, 0.25) is 0 Å². The van der Waals surface area contributed by atoms with Gasteiger partial charge in [0.05, 0.1) is 12.7 Å². The molecule has 1 amide bonds. The van der Waals surface area contributed by atoms with Gasteiger partial charge < -0.3 is 25.0 Å². The highest BCUT2D eigenvalue weighted by molar-refractivity contribution is 5.81. The molecule has 0 aliphatic rings. The van der Waals surface area contributed by atoms with Crippen molar-refractivity contribution < 1.29 is 24.5 Å². The molecule has 0 radical (unpaired) electrons. The van der Waals surface area contributed by atoms with E-state index >= 15 is 0 Å². The maximum absolute atomic E-state index is 11.8. The minimum atomic E-state index is -1.32. The Balaban J connectivity index is 4.44. The molecule has 0 saturated carbocycles. The Hall–Kier alpha value is -0.690. The van der Waals surface area contributed by atoms with E-state index in [1.54, 1.807) is 20.8 Å². The first-order valence-corrected chi connectivity index (χ1v) is 6.04. The van der Waals surface area contributed by atoms with Crippen LogP contribution in [-0.2, 0) is 14.3 Å². The lowest BCUT2D eigenvalue weighted by Crippen LogP contribution is -2.50. The van der Waals surface area contributed by atoms with Crippen molar-refractivity contribution in [3.8, 4) is 0 Å². The molecule has 0 aromatic rings. The minimum Gasteiger partial charge on any atom is -0.394 e. The van der Waals surface area contributed by atoms with Crippen molar-refractivity contribution in [2.75, 3.05) is 13.7 Å². The van der Waals surface area contributed by atoms with Gasteiger partial charge in [-0.2, -0.15) is 0 Å². The number of ether oxygens (including phenoxy) is 2. The lowest BCUT2D eigenvalue weighted by molar-refractivity contribution is -0.210. The smallest absolute Gasteiger partial charge is 0.227 e. The van der Waals surface area contributed by atoms with Crippen molar-refractivity contribution in [1.29, 1.82) is 0 Å². The van der Waals surface area contributed by atoms with Crippen molar-refractivity contribution in [2.45, 2.75) is 52.7 Å². The maximum atomic E-state index is 11.8. The summed E-state index contributed by atoms with van der Waals surface area (Å²) >= 11 is 0. The third-order valence-corrected chi connectivity index (χ3v) is 2.46. The Morgan fingerprint density at radius 1 is 1.39 bits per heavy atom. The predicted octanol–water partition coefficient (Wildman–Crippen LogP) is 0.227. The van der Waals surface area contributed by atoms with Crippen LogP contribution >= 0.6 is 0 Å². The molecule has 0 aliphatic carbocycles. The van der Waals surface area contributed by atoms with E-state index < -0.39 is 24.0 Å². The number of aliphatic hydroxyl groups excluding tert-OH is 2. The van der Waals surface area contributed by atoms with E-state index in [2.05, 4.69) is 5.32 Å². The summed E-state index contributed by atoms with van der Waals surface area (Å²) in [6.07, 6.45) is -2.21. The van der Waals surface area contributed by atoms with Crippen LogP contribution in [0.5, 0.6) is 0 Å². The predicted molar refractivity (Wildman–Crippen MR) is 66.7 cm³/mol. The fraction of sp³-hybridized carbons (Fsp3) is 0.917. The maximum Gasteiger partial charge on any atom is 0.227 e. The van der Waals surface area contributed by atoms with Crippen LogP contribution in [0.3, 0.4) is 0 Å². The van der Waals surface area contributed by atoms with Gasteiger partial charge in [0.2, 0.25) is 12.2 Å². The molecule has 3 unspecified atom stereocenters. The molecule has 108 valence electrons. The fourth-order valence-electron chi connectivity index (χ4n) is 1.13. The van der Waals surface area contributed by atoms with Crippen molar-refractivity contribution in [2.24, 2.45) is 5.41 Å². The zero-order valence-corrected chi connectivity index (χ0v) is 11.8. The molecule has 3 N–H and O–H groups in total. The molecule has 0 saturated heterocycles. The third kappa shape index (κ3) is 5.77. The van der Waals surface area contributed by atoms with Gasteiger partial charge >= 0.3 is 0 Å². The summed E-state index contributed by atoms with van der Waals surface area (Å²) in [7, 11) is 1.36. The Bertz CT molecular complexity index is 247. The minimum absolute atomic E-state index is 0.197. The molecular weight excluding hydrogens is 238 g/mol. The summed E-state index contributed by atoms with van der Waals surface area (Å²) in [6, 6.07) is 0. The molecule has 0 aromatic heterocycles.